The summed E-state index contributed by atoms with van der Waals surface area (Å²) in [5.74, 6) is 0.433. The number of nitrogens with zero attached hydrogens (tertiary/aromatic N) is 2. The Morgan fingerprint density at radius 2 is 2.05 bits per heavy atom. The molecule has 3 rings (SSSR count). The van der Waals surface area contributed by atoms with Crippen molar-refractivity contribution in [2.75, 3.05) is 18.5 Å². The van der Waals surface area contributed by atoms with Crippen molar-refractivity contribution >= 4 is 22.2 Å². The molecule has 0 radical (unpaired) electrons. The zero-order valence-electron chi connectivity index (χ0n) is 12.4. The van der Waals surface area contributed by atoms with E-state index >= 15 is 0 Å². The monoisotopic (exact) mass is 305 g/mol. The van der Waals surface area contributed by atoms with Gasteiger partial charge in [-0.1, -0.05) is 18.3 Å². The summed E-state index contributed by atoms with van der Waals surface area (Å²) in [5.41, 5.74) is 2.22. The summed E-state index contributed by atoms with van der Waals surface area (Å²) in [6.45, 7) is 3.96. The van der Waals surface area contributed by atoms with Gasteiger partial charge in [0.2, 0.25) is 0 Å². The fourth-order valence-electron chi connectivity index (χ4n) is 2.31. The number of halogens is 1. The maximum Gasteiger partial charge on any atom is 0.190 e. The van der Waals surface area contributed by atoms with Gasteiger partial charge in [0.05, 0.1) is 5.69 Å². The third-order valence-electron chi connectivity index (χ3n) is 3.72. The van der Waals surface area contributed by atoms with Crippen LogP contribution in [-0.2, 0) is 6.54 Å². The van der Waals surface area contributed by atoms with Crippen LogP contribution in [0.3, 0.4) is 0 Å². The molecule has 1 saturated carbocycles. The topological polar surface area (TPSA) is 28.2 Å². The number of anilines is 2. The highest BCUT2D eigenvalue weighted by Gasteiger charge is 2.30. The smallest absolute Gasteiger partial charge is 0.190 e. The number of benzene rings is 1. The molecule has 1 heterocycles. The van der Waals surface area contributed by atoms with Crippen LogP contribution in [-0.4, -0.2) is 18.6 Å². The van der Waals surface area contributed by atoms with E-state index in [2.05, 4.69) is 12.2 Å². The van der Waals surface area contributed by atoms with E-state index in [1.54, 1.807) is 23.5 Å². The zero-order chi connectivity index (χ0) is 14.8. The molecule has 0 atom stereocenters. The van der Waals surface area contributed by atoms with Crippen molar-refractivity contribution in [3.63, 3.8) is 0 Å². The SMILES string of the molecule is CCNCc1sc(N(C)c2ccc(F)cc2)nc1C1CC1. The van der Waals surface area contributed by atoms with Crippen LogP contribution in [0.25, 0.3) is 0 Å². The van der Waals surface area contributed by atoms with Crippen molar-refractivity contribution in [3.8, 4) is 0 Å². The first kappa shape index (κ1) is 14.5. The molecule has 0 spiro atoms. The van der Waals surface area contributed by atoms with Crippen LogP contribution in [0, 0.1) is 5.82 Å². The molecule has 21 heavy (non-hydrogen) atoms. The Bertz CT molecular complexity index is 604. The fraction of sp³-hybridized carbons (Fsp3) is 0.438. The Hall–Kier alpha value is -1.46. The van der Waals surface area contributed by atoms with E-state index in [-0.39, 0.29) is 5.82 Å². The quantitative estimate of drug-likeness (QED) is 0.873. The highest BCUT2D eigenvalue weighted by atomic mass is 32.1. The molecule has 1 aliphatic carbocycles. The highest BCUT2D eigenvalue weighted by molar-refractivity contribution is 7.15. The van der Waals surface area contributed by atoms with E-state index in [0.29, 0.717) is 5.92 Å². The van der Waals surface area contributed by atoms with Gasteiger partial charge < -0.3 is 10.2 Å². The number of aromatic nitrogens is 1. The lowest BCUT2D eigenvalue weighted by atomic mass is 10.2. The number of hydrogen-bond acceptors (Lipinski definition) is 4. The minimum atomic E-state index is -0.210. The molecule has 1 aromatic heterocycles. The molecule has 2 aromatic rings. The number of nitrogens with one attached hydrogen (secondary N) is 1. The van der Waals surface area contributed by atoms with Crippen LogP contribution in [0.5, 0.6) is 0 Å². The molecule has 0 aliphatic heterocycles. The van der Waals surface area contributed by atoms with Gasteiger partial charge in [-0.15, -0.1) is 0 Å². The number of rotatable bonds is 6. The third-order valence-corrected chi connectivity index (χ3v) is 4.86. The summed E-state index contributed by atoms with van der Waals surface area (Å²) < 4.78 is 13.0. The van der Waals surface area contributed by atoms with Gasteiger partial charge in [0.1, 0.15) is 5.82 Å². The first-order valence-corrected chi connectivity index (χ1v) is 8.20. The molecule has 1 N–H and O–H groups in total. The first-order valence-electron chi connectivity index (χ1n) is 7.38. The van der Waals surface area contributed by atoms with Crippen molar-refractivity contribution in [1.82, 2.24) is 10.3 Å². The van der Waals surface area contributed by atoms with Crippen LogP contribution in [0.4, 0.5) is 15.2 Å². The summed E-state index contributed by atoms with van der Waals surface area (Å²) in [5, 5.41) is 4.37. The van der Waals surface area contributed by atoms with E-state index < -0.39 is 0 Å². The third kappa shape index (κ3) is 3.24. The Morgan fingerprint density at radius 3 is 2.67 bits per heavy atom. The minimum Gasteiger partial charge on any atom is -0.321 e. The molecule has 112 valence electrons. The number of hydrogen-bond donors (Lipinski definition) is 1. The normalized spacial score (nSPS) is 14.4. The van der Waals surface area contributed by atoms with E-state index in [1.807, 2.05) is 11.9 Å². The maximum atomic E-state index is 13.0. The molecular weight excluding hydrogens is 285 g/mol. The van der Waals surface area contributed by atoms with Gasteiger partial charge in [-0.3, -0.25) is 0 Å². The van der Waals surface area contributed by atoms with E-state index in [9.17, 15) is 4.39 Å². The summed E-state index contributed by atoms with van der Waals surface area (Å²) in [4.78, 5) is 8.20. The van der Waals surface area contributed by atoms with Crippen molar-refractivity contribution in [2.24, 2.45) is 0 Å². The second-order valence-corrected chi connectivity index (χ2v) is 6.46. The number of thiazole rings is 1. The minimum absolute atomic E-state index is 0.210. The lowest BCUT2D eigenvalue weighted by molar-refractivity contribution is 0.628. The van der Waals surface area contributed by atoms with Gasteiger partial charge in [0.25, 0.3) is 0 Å². The van der Waals surface area contributed by atoms with Crippen LogP contribution in [0.15, 0.2) is 24.3 Å². The molecule has 1 aliphatic rings. The van der Waals surface area contributed by atoms with E-state index in [1.165, 1.54) is 35.5 Å². The average Bonchev–Trinajstić information content (AvgIpc) is 3.25. The summed E-state index contributed by atoms with van der Waals surface area (Å²) in [6.07, 6.45) is 2.51. The van der Waals surface area contributed by atoms with Crippen molar-refractivity contribution in [1.29, 1.82) is 0 Å². The van der Waals surface area contributed by atoms with Gasteiger partial charge in [-0.05, 0) is 43.7 Å². The Morgan fingerprint density at radius 1 is 1.33 bits per heavy atom. The largest absolute Gasteiger partial charge is 0.321 e. The van der Waals surface area contributed by atoms with E-state index in [0.717, 1.165) is 23.9 Å². The standard InChI is InChI=1S/C16H20FN3S/c1-3-18-10-14-15(11-4-5-11)19-16(21-14)20(2)13-8-6-12(17)7-9-13/h6-9,11,18H,3-5,10H2,1-2H3. The second-order valence-electron chi connectivity index (χ2n) is 5.39. The van der Waals surface area contributed by atoms with Gasteiger partial charge in [-0.25, -0.2) is 9.37 Å². The predicted octanol–water partition coefficient (Wildman–Crippen LogP) is 4.04. The van der Waals surface area contributed by atoms with Gasteiger partial charge >= 0.3 is 0 Å². The van der Waals surface area contributed by atoms with Gasteiger partial charge in [0, 0.05) is 30.1 Å². The van der Waals surface area contributed by atoms with Crippen molar-refractivity contribution in [2.45, 2.75) is 32.2 Å². The van der Waals surface area contributed by atoms with Crippen molar-refractivity contribution in [3.05, 3.63) is 40.7 Å². The van der Waals surface area contributed by atoms with Gasteiger partial charge in [-0.2, -0.15) is 0 Å². The Labute approximate surface area is 128 Å². The van der Waals surface area contributed by atoms with Crippen LogP contribution >= 0.6 is 11.3 Å². The molecule has 0 bridgehead atoms. The fourth-order valence-corrected chi connectivity index (χ4v) is 3.41. The molecule has 0 unspecified atom stereocenters. The molecule has 0 amide bonds. The van der Waals surface area contributed by atoms with Crippen LogP contribution < -0.4 is 10.2 Å². The molecule has 0 saturated heterocycles. The highest BCUT2D eigenvalue weighted by Crippen LogP contribution is 2.44. The lowest BCUT2D eigenvalue weighted by Crippen LogP contribution is -2.11. The van der Waals surface area contributed by atoms with E-state index in [4.69, 9.17) is 4.98 Å². The summed E-state index contributed by atoms with van der Waals surface area (Å²) in [6, 6.07) is 6.55. The Balaban J connectivity index is 1.85. The van der Waals surface area contributed by atoms with Crippen molar-refractivity contribution < 1.29 is 4.39 Å². The van der Waals surface area contributed by atoms with Crippen LogP contribution in [0.2, 0.25) is 0 Å². The lowest BCUT2D eigenvalue weighted by Gasteiger charge is -2.15. The van der Waals surface area contributed by atoms with Crippen LogP contribution in [0.1, 0.15) is 36.3 Å². The maximum absolute atomic E-state index is 13.0. The van der Waals surface area contributed by atoms with Gasteiger partial charge in [0.15, 0.2) is 5.13 Å². The molecule has 1 aromatic carbocycles. The summed E-state index contributed by atoms with van der Waals surface area (Å²) >= 11 is 1.73. The first-order chi connectivity index (χ1) is 10.2. The average molecular weight is 305 g/mol. The molecule has 5 heteroatoms. The Kier molecular flexibility index (Phi) is 4.22. The predicted molar refractivity (Wildman–Crippen MR) is 85.9 cm³/mol. The zero-order valence-corrected chi connectivity index (χ0v) is 13.2. The second kappa shape index (κ2) is 6.12. The molecule has 1 fully saturated rings. The molecular formula is C16H20FN3S. The molecule has 3 nitrogen and oxygen atoms in total. The summed E-state index contributed by atoms with van der Waals surface area (Å²) in [7, 11) is 1.99.